The first kappa shape index (κ1) is 18.9. The molecule has 1 saturated heterocycles. The summed E-state index contributed by atoms with van der Waals surface area (Å²) >= 11 is 0. The molecule has 0 amide bonds. The molecule has 24 heavy (non-hydrogen) atoms. The van der Waals surface area contributed by atoms with Crippen LogP contribution in [0.1, 0.15) is 36.9 Å². The smallest absolute Gasteiger partial charge is 0.325 e. The number of hydrogen-bond acceptors (Lipinski definition) is 4. The Labute approximate surface area is 144 Å². The minimum atomic E-state index is -3.21. The summed E-state index contributed by atoms with van der Waals surface area (Å²) in [6.07, 6.45) is 1.29. The SMILES string of the molecule is CCS(=O)(=O)N(C)C1CCN(C(C(=O)O)c2ccccc2C)CC1. The van der Waals surface area contributed by atoms with Crippen molar-refractivity contribution in [3.05, 3.63) is 35.4 Å². The van der Waals surface area contributed by atoms with E-state index >= 15 is 0 Å². The van der Waals surface area contributed by atoms with Crippen LogP contribution >= 0.6 is 0 Å². The van der Waals surface area contributed by atoms with Gasteiger partial charge in [0.25, 0.3) is 0 Å². The lowest BCUT2D eigenvalue weighted by molar-refractivity contribution is -0.144. The third kappa shape index (κ3) is 3.96. The van der Waals surface area contributed by atoms with Crippen molar-refractivity contribution >= 4 is 16.0 Å². The Bertz CT molecular complexity index is 682. The minimum Gasteiger partial charge on any atom is -0.480 e. The van der Waals surface area contributed by atoms with Crippen LogP contribution in [0, 0.1) is 6.92 Å². The molecule has 1 aromatic rings. The zero-order chi connectivity index (χ0) is 17.9. The fourth-order valence-corrected chi connectivity index (χ4v) is 4.39. The standard InChI is InChI=1S/C17H26N2O4S/c1-4-24(22,23)18(3)14-9-11-19(12-10-14)16(17(20)21)15-8-6-5-7-13(15)2/h5-8,14,16H,4,9-12H2,1-3H3,(H,20,21). The molecule has 0 radical (unpaired) electrons. The van der Waals surface area contributed by atoms with Gasteiger partial charge in [0.05, 0.1) is 5.75 Å². The lowest BCUT2D eigenvalue weighted by Gasteiger charge is -2.38. The van der Waals surface area contributed by atoms with E-state index in [9.17, 15) is 18.3 Å². The first-order valence-corrected chi connectivity index (χ1v) is 9.87. The lowest BCUT2D eigenvalue weighted by atomic mass is 9.96. The Balaban J connectivity index is 2.12. The van der Waals surface area contributed by atoms with Crippen LogP contribution in [-0.2, 0) is 14.8 Å². The molecule has 0 saturated carbocycles. The number of rotatable bonds is 6. The second kappa shape index (κ2) is 7.63. The largest absolute Gasteiger partial charge is 0.480 e. The van der Waals surface area contributed by atoms with Gasteiger partial charge in [-0.3, -0.25) is 9.69 Å². The molecule has 2 rings (SSSR count). The van der Waals surface area contributed by atoms with Gasteiger partial charge in [0.1, 0.15) is 6.04 Å². The minimum absolute atomic E-state index is 0.0579. The van der Waals surface area contributed by atoms with Crippen LogP contribution in [0.2, 0.25) is 0 Å². The Hall–Kier alpha value is -1.44. The summed E-state index contributed by atoms with van der Waals surface area (Å²) in [4.78, 5) is 13.8. The van der Waals surface area contributed by atoms with E-state index in [4.69, 9.17) is 0 Å². The van der Waals surface area contributed by atoms with Gasteiger partial charge in [0.2, 0.25) is 10.0 Å². The molecule has 1 N–H and O–H groups in total. The number of aryl methyl sites for hydroxylation is 1. The molecule has 1 aromatic carbocycles. The fraction of sp³-hybridized carbons (Fsp3) is 0.588. The normalized spacial score (nSPS) is 18.7. The third-order valence-corrected chi connectivity index (χ3v) is 6.80. The predicted octanol–water partition coefficient (Wildman–Crippen LogP) is 1.87. The van der Waals surface area contributed by atoms with Crippen molar-refractivity contribution < 1.29 is 18.3 Å². The molecule has 1 atom stereocenters. The van der Waals surface area contributed by atoms with E-state index in [1.807, 2.05) is 36.1 Å². The van der Waals surface area contributed by atoms with Crippen LogP contribution in [0.25, 0.3) is 0 Å². The van der Waals surface area contributed by atoms with E-state index in [0.717, 1.165) is 11.1 Å². The van der Waals surface area contributed by atoms with E-state index in [1.165, 1.54) is 4.31 Å². The van der Waals surface area contributed by atoms with E-state index in [2.05, 4.69) is 0 Å². The van der Waals surface area contributed by atoms with Crippen LogP contribution < -0.4 is 0 Å². The average Bonchev–Trinajstić information content (AvgIpc) is 2.56. The van der Waals surface area contributed by atoms with Gasteiger partial charge in [0.15, 0.2) is 0 Å². The van der Waals surface area contributed by atoms with Crippen molar-refractivity contribution in [1.82, 2.24) is 9.21 Å². The highest BCUT2D eigenvalue weighted by Gasteiger charge is 2.34. The number of hydrogen-bond donors (Lipinski definition) is 1. The van der Waals surface area contributed by atoms with Gasteiger partial charge in [-0.15, -0.1) is 0 Å². The number of carbonyl (C=O) groups is 1. The van der Waals surface area contributed by atoms with Crippen LogP contribution in [-0.4, -0.2) is 60.6 Å². The molecular weight excluding hydrogens is 328 g/mol. The van der Waals surface area contributed by atoms with Crippen molar-refractivity contribution in [1.29, 1.82) is 0 Å². The summed E-state index contributed by atoms with van der Waals surface area (Å²) < 4.78 is 25.5. The number of carboxylic acid groups (broad SMARTS) is 1. The lowest BCUT2D eigenvalue weighted by Crippen LogP contribution is -2.48. The van der Waals surface area contributed by atoms with Gasteiger partial charge in [-0.2, -0.15) is 0 Å². The Morgan fingerprint density at radius 2 is 1.92 bits per heavy atom. The highest BCUT2D eigenvalue weighted by Crippen LogP contribution is 2.29. The number of likely N-dealkylation sites (tertiary alicyclic amines) is 1. The molecule has 1 fully saturated rings. The maximum absolute atomic E-state index is 12.0. The Morgan fingerprint density at radius 3 is 2.42 bits per heavy atom. The van der Waals surface area contributed by atoms with E-state index in [0.29, 0.717) is 25.9 Å². The van der Waals surface area contributed by atoms with E-state index in [-0.39, 0.29) is 11.8 Å². The molecule has 6 nitrogen and oxygen atoms in total. The van der Waals surface area contributed by atoms with Crippen molar-refractivity contribution in [3.8, 4) is 0 Å². The van der Waals surface area contributed by atoms with Gasteiger partial charge < -0.3 is 5.11 Å². The maximum Gasteiger partial charge on any atom is 0.325 e. The third-order valence-electron chi connectivity index (χ3n) is 4.90. The first-order valence-electron chi connectivity index (χ1n) is 8.26. The maximum atomic E-state index is 12.0. The molecule has 1 aliphatic heterocycles. The second-order valence-corrected chi connectivity index (χ2v) is 8.60. The second-order valence-electron chi connectivity index (χ2n) is 6.28. The van der Waals surface area contributed by atoms with Crippen LogP contribution in [0.15, 0.2) is 24.3 Å². The topological polar surface area (TPSA) is 77.9 Å². The zero-order valence-corrected chi connectivity index (χ0v) is 15.3. The summed E-state index contributed by atoms with van der Waals surface area (Å²) in [5.41, 5.74) is 1.76. The molecule has 7 heteroatoms. The zero-order valence-electron chi connectivity index (χ0n) is 14.5. The van der Waals surface area contributed by atoms with Crippen molar-refractivity contribution in [2.75, 3.05) is 25.9 Å². The van der Waals surface area contributed by atoms with E-state index in [1.54, 1.807) is 14.0 Å². The molecular formula is C17H26N2O4S. The van der Waals surface area contributed by atoms with Gasteiger partial charge in [-0.1, -0.05) is 24.3 Å². The number of benzene rings is 1. The fourth-order valence-electron chi connectivity index (χ4n) is 3.32. The Morgan fingerprint density at radius 1 is 1.33 bits per heavy atom. The van der Waals surface area contributed by atoms with Crippen LogP contribution in [0.3, 0.4) is 0 Å². The molecule has 0 bridgehead atoms. The van der Waals surface area contributed by atoms with Gasteiger partial charge in [0, 0.05) is 26.2 Å². The number of carboxylic acids is 1. The molecule has 0 aromatic heterocycles. The predicted molar refractivity (Wildman–Crippen MR) is 93.4 cm³/mol. The summed E-state index contributed by atoms with van der Waals surface area (Å²) in [6.45, 7) is 4.69. The monoisotopic (exact) mass is 354 g/mol. The molecule has 134 valence electrons. The highest BCUT2D eigenvalue weighted by atomic mass is 32.2. The number of piperidine rings is 1. The Kier molecular flexibility index (Phi) is 6.01. The molecule has 1 heterocycles. The van der Waals surface area contributed by atoms with Crippen molar-refractivity contribution in [2.45, 2.75) is 38.8 Å². The summed E-state index contributed by atoms with van der Waals surface area (Å²) in [6, 6.07) is 6.78. The number of sulfonamides is 1. The molecule has 1 aliphatic rings. The number of nitrogens with zero attached hydrogens (tertiary/aromatic N) is 2. The molecule has 1 unspecified atom stereocenters. The van der Waals surface area contributed by atoms with Gasteiger partial charge in [-0.05, 0) is 37.8 Å². The number of aliphatic carboxylic acids is 1. The summed E-state index contributed by atoms with van der Waals surface area (Å²) in [5.74, 6) is -0.776. The first-order chi connectivity index (χ1) is 11.3. The van der Waals surface area contributed by atoms with Crippen LogP contribution in [0.5, 0.6) is 0 Å². The van der Waals surface area contributed by atoms with E-state index < -0.39 is 22.0 Å². The summed E-state index contributed by atoms with van der Waals surface area (Å²) in [7, 11) is -1.59. The highest BCUT2D eigenvalue weighted by molar-refractivity contribution is 7.89. The van der Waals surface area contributed by atoms with Crippen molar-refractivity contribution in [3.63, 3.8) is 0 Å². The van der Waals surface area contributed by atoms with Gasteiger partial charge >= 0.3 is 5.97 Å². The van der Waals surface area contributed by atoms with Gasteiger partial charge in [-0.25, -0.2) is 12.7 Å². The van der Waals surface area contributed by atoms with Crippen molar-refractivity contribution in [2.24, 2.45) is 0 Å². The molecule has 0 spiro atoms. The summed E-state index contributed by atoms with van der Waals surface area (Å²) in [5, 5.41) is 9.70. The average molecular weight is 354 g/mol. The molecule has 0 aliphatic carbocycles. The quantitative estimate of drug-likeness (QED) is 0.844. The van der Waals surface area contributed by atoms with Crippen LogP contribution in [0.4, 0.5) is 0 Å².